The molecule has 0 radical (unpaired) electrons. The molecule has 1 aromatic carbocycles. The normalized spacial score (nSPS) is 18.3. The lowest BCUT2D eigenvalue weighted by molar-refractivity contribution is -0.172. The summed E-state index contributed by atoms with van der Waals surface area (Å²) < 4.78 is 46.5. The second-order valence-corrected chi connectivity index (χ2v) is 19.1. The molecule has 4 aliphatic rings. The maximum absolute atomic E-state index is 15.3. The van der Waals surface area contributed by atoms with Crippen LogP contribution in [0.3, 0.4) is 0 Å². The van der Waals surface area contributed by atoms with E-state index < -0.39 is 90.8 Å². The molecule has 8 rings (SSSR count). The van der Waals surface area contributed by atoms with Crippen LogP contribution >= 0.6 is 0 Å². The first-order valence-electron chi connectivity index (χ1n) is 25.8. The topological polar surface area (TPSA) is 307 Å². The molecule has 76 heavy (non-hydrogen) atoms. The Morgan fingerprint density at radius 1 is 0.829 bits per heavy atom. The second-order valence-electron chi connectivity index (χ2n) is 19.1. The summed E-state index contributed by atoms with van der Waals surface area (Å²) in [4.78, 5) is 95.5. The SMILES string of the molecule is CC[C@@]1(O)C(=O)OCc2c1cc1n(c2=O)Cc2c-1nc1cc(F)c(C)c3c1c2[C@@H](NC(=O)CNC(=O)CNC(=O)CNC(=O)CNC(=O)COC1CCCCCc2c1nnn2CCOCCOCCOCCNC)CC3. The lowest BCUT2D eigenvalue weighted by Crippen LogP contribution is -2.46. The van der Waals surface area contributed by atoms with Crippen molar-refractivity contribution in [2.75, 3.05) is 86.0 Å². The van der Waals surface area contributed by atoms with Gasteiger partial charge in [-0.3, -0.25) is 28.8 Å². The summed E-state index contributed by atoms with van der Waals surface area (Å²) in [5, 5.41) is 36.4. The molecule has 0 spiro atoms. The number of ether oxygens (including phenoxy) is 5. The molecule has 7 N–H and O–H groups in total. The van der Waals surface area contributed by atoms with Gasteiger partial charge in [0.2, 0.25) is 29.5 Å². The number of halogens is 1. The number of amides is 5. The second kappa shape index (κ2) is 25.4. The highest BCUT2D eigenvalue weighted by molar-refractivity contribution is 5.95. The van der Waals surface area contributed by atoms with Crippen LogP contribution in [0.2, 0.25) is 0 Å². The van der Waals surface area contributed by atoms with Crippen LogP contribution in [0.4, 0.5) is 4.39 Å². The summed E-state index contributed by atoms with van der Waals surface area (Å²) >= 11 is 0. The van der Waals surface area contributed by atoms with E-state index in [9.17, 15) is 38.7 Å². The number of carbonyl (C=O) groups excluding carboxylic acids is 6. The molecule has 2 aliphatic carbocycles. The molecular weight excluding hydrogens is 994 g/mol. The average Bonchev–Trinajstić information content (AvgIpc) is 4.06. The van der Waals surface area contributed by atoms with Gasteiger partial charge in [0.05, 0.1) is 113 Å². The molecule has 0 bridgehead atoms. The van der Waals surface area contributed by atoms with Crippen LogP contribution in [0.1, 0.15) is 102 Å². The van der Waals surface area contributed by atoms with Crippen molar-refractivity contribution in [1.29, 1.82) is 0 Å². The molecule has 4 aromatic rings. The molecular formula is C51H66FN11O13. The van der Waals surface area contributed by atoms with Crippen molar-refractivity contribution < 1.29 is 61.9 Å². The van der Waals surface area contributed by atoms with Gasteiger partial charge < -0.3 is 65.3 Å². The van der Waals surface area contributed by atoms with Crippen LogP contribution in [-0.2, 0) is 90.6 Å². The van der Waals surface area contributed by atoms with E-state index >= 15 is 4.39 Å². The molecule has 2 aliphatic heterocycles. The van der Waals surface area contributed by atoms with E-state index in [4.69, 9.17) is 28.7 Å². The largest absolute Gasteiger partial charge is 0.458 e. The van der Waals surface area contributed by atoms with Crippen LogP contribution in [0.25, 0.3) is 22.3 Å². The van der Waals surface area contributed by atoms with E-state index in [1.807, 2.05) is 11.7 Å². The highest BCUT2D eigenvalue weighted by atomic mass is 19.1. The van der Waals surface area contributed by atoms with Crippen molar-refractivity contribution in [3.63, 3.8) is 0 Å². The third kappa shape index (κ3) is 12.6. The number of carbonyl (C=O) groups is 6. The number of fused-ring (bicyclic) bond motifs is 6. The summed E-state index contributed by atoms with van der Waals surface area (Å²) in [6, 6.07) is 2.23. The number of esters is 1. The van der Waals surface area contributed by atoms with E-state index in [0.717, 1.165) is 43.5 Å². The number of hydrogen-bond acceptors (Lipinski definition) is 17. The number of rotatable bonds is 25. The Kier molecular flexibility index (Phi) is 18.5. The van der Waals surface area contributed by atoms with Crippen molar-refractivity contribution >= 4 is 46.4 Å². The van der Waals surface area contributed by atoms with Crippen molar-refractivity contribution in [3.05, 3.63) is 73.1 Å². The number of aromatic nitrogens is 5. The number of likely N-dealkylation sites (N-methyl/N-ethyl adjacent to an activating group) is 1. The molecule has 0 saturated carbocycles. The maximum atomic E-state index is 15.3. The van der Waals surface area contributed by atoms with E-state index in [0.29, 0.717) is 110 Å². The van der Waals surface area contributed by atoms with Gasteiger partial charge in [-0.1, -0.05) is 25.0 Å². The van der Waals surface area contributed by atoms with Crippen LogP contribution in [0, 0.1) is 12.7 Å². The highest BCUT2D eigenvalue weighted by Gasteiger charge is 2.46. The average molecular weight is 1060 g/mol. The first-order valence-corrected chi connectivity index (χ1v) is 25.8. The minimum absolute atomic E-state index is 0.0452. The molecule has 5 heterocycles. The molecule has 410 valence electrons. The number of nitrogens with zero attached hydrogens (tertiary/aromatic N) is 5. The summed E-state index contributed by atoms with van der Waals surface area (Å²) in [6.07, 6.45) is 4.45. The number of aryl methyl sites for hydroxylation is 1. The predicted molar refractivity (Wildman–Crippen MR) is 268 cm³/mol. The van der Waals surface area contributed by atoms with Gasteiger partial charge in [0.1, 0.15) is 30.8 Å². The fourth-order valence-corrected chi connectivity index (χ4v) is 10.1. The monoisotopic (exact) mass is 1060 g/mol. The Hall–Kier alpha value is -6.77. The molecule has 0 saturated heterocycles. The smallest absolute Gasteiger partial charge is 0.343 e. The van der Waals surface area contributed by atoms with Crippen LogP contribution in [-0.4, -0.2) is 151 Å². The quantitative estimate of drug-likeness (QED) is 0.0295. The molecule has 0 fully saturated rings. The summed E-state index contributed by atoms with van der Waals surface area (Å²) in [5.41, 5.74) is 2.76. The van der Waals surface area contributed by atoms with Gasteiger partial charge in [-0.2, -0.15) is 0 Å². The van der Waals surface area contributed by atoms with Crippen molar-refractivity contribution in [1.82, 2.24) is 56.4 Å². The highest BCUT2D eigenvalue weighted by Crippen LogP contribution is 2.46. The van der Waals surface area contributed by atoms with E-state index in [-0.39, 0.29) is 37.3 Å². The van der Waals surface area contributed by atoms with Gasteiger partial charge in [-0.15, -0.1) is 5.10 Å². The predicted octanol–water partition coefficient (Wildman–Crippen LogP) is -0.169. The Morgan fingerprint density at radius 3 is 2.20 bits per heavy atom. The maximum Gasteiger partial charge on any atom is 0.343 e. The first-order chi connectivity index (χ1) is 36.7. The Morgan fingerprint density at radius 2 is 1.50 bits per heavy atom. The number of benzene rings is 1. The zero-order chi connectivity index (χ0) is 53.9. The van der Waals surface area contributed by atoms with Gasteiger partial charge in [0.15, 0.2) is 5.60 Å². The molecule has 3 aromatic heterocycles. The van der Waals surface area contributed by atoms with E-state index in [2.05, 4.69) is 42.2 Å². The van der Waals surface area contributed by atoms with Crippen molar-refractivity contribution in [2.24, 2.45) is 0 Å². The lowest BCUT2D eigenvalue weighted by atomic mass is 9.81. The summed E-state index contributed by atoms with van der Waals surface area (Å²) in [6.45, 7) is 4.99. The molecule has 25 heteroatoms. The summed E-state index contributed by atoms with van der Waals surface area (Å²) in [7, 11) is 1.87. The number of pyridine rings is 2. The Labute approximate surface area is 436 Å². The summed E-state index contributed by atoms with van der Waals surface area (Å²) in [5.74, 6) is -4.48. The van der Waals surface area contributed by atoms with E-state index in [1.165, 1.54) is 10.6 Å². The van der Waals surface area contributed by atoms with Crippen LogP contribution in [0.15, 0.2) is 16.9 Å². The fourth-order valence-electron chi connectivity index (χ4n) is 10.1. The molecule has 24 nitrogen and oxygen atoms in total. The van der Waals surface area contributed by atoms with E-state index in [1.54, 1.807) is 19.9 Å². The number of cyclic esters (lactones) is 1. The van der Waals surface area contributed by atoms with Gasteiger partial charge in [0.25, 0.3) is 5.56 Å². The van der Waals surface area contributed by atoms with Gasteiger partial charge in [-0.05, 0) is 75.3 Å². The number of hydrogen-bond donors (Lipinski definition) is 7. The van der Waals surface area contributed by atoms with Crippen molar-refractivity contribution in [2.45, 2.75) is 103 Å². The zero-order valence-electron chi connectivity index (χ0n) is 43.0. The molecule has 3 atom stereocenters. The minimum Gasteiger partial charge on any atom is -0.458 e. The third-order valence-corrected chi connectivity index (χ3v) is 14.2. The van der Waals surface area contributed by atoms with Gasteiger partial charge in [-0.25, -0.2) is 18.9 Å². The van der Waals surface area contributed by atoms with Gasteiger partial charge in [0, 0.05) is 29.1 Å². The lowest BCUT2D eigenvalue weighted by Gasteiger charge is -2.31. The standard InChI is InChI=1S/C51H66FN11O13/c1-4-51(71)33-20-38-47-31(26-62(38)49(69)32(33)27-76-50(51)70)46-35(11-10-30-29(2)34(52)21-36(59-47)45(30)46)58-43(67)25-56-41(65)23-54-40(64)22-55-42(66)24-57-44(68)28-75-39-9-7-5-6-8-37-48(39)60-61-63(37)13-15-73-17-19-74-18-16-72-14-12-53-3/h20-21,35,39,53,71H,4-19,22-28H2,1-3H3,(H,54,64)(H,55,66)(H,56,65)(H,57,68)(H,58,67)/t35-,39?,51-/m0/s1. The number of aliphatic hydroxyl groups is 1. The number of nitrogens with one attached hydrogen (secondary N) is 6. The molecule has 5 amide bonds. The van der Waals surface area contributed by atoms with Crippen LogP contribution in [0.5, 0.6) is 0 Å². The van der Waals surface area contributed by atoms with Gasteiger partial charge >= 0.3 is 5.97 Å². The first kappa shape index (κ1) is 55.5. The Balaban J connectivity index is 0.760. The molecule has 1 unspecified atom stereocenters. The minimum atomic E-state index is -2.05. The Bertz CT molecular complexity index is 2910. The van der Waals surface area contributed by atoms with Crippen molar-refractivity contribution in [3.8, 4) is 11.4 Å². The third-order valence-electron chi connectivity index (χ3n) is 14.2. The zero-order valence-corrected chi connectivity index (χ0v) is 43.0. The fraction of sp³-hybridized carbons (Fsp3) is 0.569. The van der Waals surface area contributed by atoms with Crippen LogP contribution < -0.4 is 37.5 Å².